The monoisotopic (exact) mass is 424 g/mol. The van der Waals surface area contributed by atoms with Crippen LogP contribution >= 0.6 is 0 Å². The SMILES string of the molecule is O=C(Nc1cccc2ccccc12)C1CCCCCCCCCCNCCNCCN1. The quantitative estimate of drug-likeness (QED) is 0.575. The summed E-state index contributed by atoms with van der Waals surface area (Å²) in [5.74, 6) is 0.0763. The van der Waals surface area contributed by atoms with Crippen molar-refractivity contribution in [2.24, 2.45) is 0 Å². The Hall–Kier alpha value is -1.95. The molecule has 0 radical (unpaired) electrons. The van der Waals surface area contributed by atoms with Crippen molar-refractivity contribution in [3.05, 3.63) is 42.5 Å². The lowest BCUT2D eigenvalue weighted by Gasteiger charge is -2.19. The minimum absolute atomic E-state index is 0.0763. The first-order valence-electron chi connectivity index (χ1n) is 12.3. The third-order valence-electron chi connectivity index (χ3n) is 6.13. The molecular weight excluding hydrogens is 384 g/mol. The Morgan fingerprint density at radius 3 is 2.19 bits per heavy atom. The average Bonchev–Trinajstić information content (AvgIpc) is 2.79. The number of amides is 1. The number of carbonyl (C=O) groups is 1. The van der Waals surface area contributed by atoms with Crippen LogP contribution in [0.4, 0.5) is 5.69 Å². The predicted molar refractivity (Wildman–Crippen MR) is 132 cm³/mol. The molecule has 5 heteroatoms. The molecule has 0 aliphatic carbocycles. The van der Waals surface area contributed by atoms with Crippen LogP contribution in [0, 0.1) is 0 Å². The molecule has 170 valence electrons. The number of fused-ring (bicyclic) bond motifs is 1. The van der Waals surface area contributed by atoms with Gasteiger partial charge in [-0.15, -0.1) is 0 Å². The van der Waals surface area contributed by atoms with Gasteiger partial charge in [-0.05, 0) is 30.8 Å². The Morgan fingerprint density at radius 2 is 1.35 bits per heavy atom. The fourth-order valence-electron chi connectivity index (χ4n) is 4.30. The van der Waals surface area contributed by atoms with Gasteiger partial charge in [0.25, 0.3) is 0 Å². The molecule has 1 fully saturated rings. The summed E-state index contributed by atoms with van der Waals surface area (Å²) in [5.41, 5.74) is 0.897. The average molecular weight is 425 g/mol. The van der Waals surface area contributed by atoms with E-state index >= 15 is 0 Å². The molecule has 4 N–H and O–H groups in total. The predicted octanol–water partition coefficient (Wildman–Crippen LogP) is 4.44. The summed E-state index contributed by atoms with van der Waals surface area (Å²) < 4.78 is 0. The molecule has 5 nitrogen and oxygen atoms in total. The van der Waals surface area contributed by atoms with Crippen LogP contribution in [0.3, 0.4) is 0 Å². The molecule has 1 heterocycles. The van der Waals surface area contributed by atoms with Crippen molar-refractivity contribution in [3.8, 4) is 0 Å². The lowest BCUT2D eigenvalue weighted by molar-refractivity contribution is -0.118. The first kappa shape index (κ1) is 23.7. The molecular formula is C26H40N4O. The van der Waals surface area contributed by atoms with E-state index in [0.717, 1.165) is 62.0 Å². The lowest BCUT2D eigenvalue weighted by Crippen LogP contribution is -2.43. The molecule has 2 aromatic rings. The molecule has 1 aliphatic rings. The van der Waals surface area contributed by atoms with E-state index in [4.69, 9.17) is 0 Å². The summed E-state index contributed by atoms with van der Waals surface area (Å²) in [6, 6.07) is 14.1. The number of anilines is 1. The maximum absolute atomic E-state index is 13.1. The number of rotatable bonds is 2. The second-order valence-electron chi connectivity index (χ2n) is 8.64. The van der Waals surface area contributed by atoms with Gasteiger partial charge in [0, 0.05) is 37.3 Å². The Bertz CT molecular complexity index is 756. The molecule has 1 unspecified atom stereocenters. The third kappa shape index (κ3) is 8.60. The molecule has 0 saturated carbocycles. The Labute approximate surface area is 187 Å². The number of hydrogen-bond donors (Lipinski definition) is 4. The van der Waals surface area contributed by atoms with Gasteiger partial charge in [0.1, 0.15) is 0 Å². The van der Waals surface area contributed by atoms with Crippen LogP contribution in [0.2, 0.25) is 0 Å². The summed E-state index contributed by atoms with van der Waals surface area (Å²) in [4.78, 5) is 13.1. The molecule has 1 saturated heterocycles. The van der Waals surface area contributed by atoms with E-state index < -0.39 is 0 Å². The van der Waals surface area contributed by atoms with Gasteiger partial charge >= 0.3 is 0 Å². The van der Waals surface area contributed by atoms with Gasteiger partial charge < -0.3 is 21.3 Å². The summed E-state index contributed by atoms with van der Waals surface area (Å²) in [6.07, 6.45) is 11.1. The van der Waals surface area contributed by atoms with Crippen LogP contribution < -0.4 is 21.3 Å². The minimum atomic E-state index is -0.155. The van der Waals surface area contributed by atoms with Crippen molar-refractivity contribution in [1.82, 2.24) is 16.0 Å². The van der Waals surface area contributed by atoms with Crippen LogP contribution in [0.15, 0.2) is 42.5 Å². The fraction of sp³-hybridized carbons (Fsp3) is 0.577. The molecule has 2 aromatic carbocycles. The van der Waals surface area contributed by atoms with E-state index in [0.29, 0.717) is 0 Å². The van der Waals surface area contributed by atoms with Crippen LogP contribution in [0.25, 0.3) is 10.8 Å². The molecule has 1 atom stereocenters. The summed E-state index contributed by atoms with van der Waals surface area (Å²) in [7, 11) is 0. The first-order chi connectivity index (χ1) is 15.3. The molecule has 0 bridgehead atoms. The van der Waals surface area contributed by atoms with Gasteiger partial charge in [0.05, 0.1) is 6.04 Å². The smallest absolute Gasteiger partial charge is 0.241 e. The second-order valence-corrected chi connectivity index (χ2v) is 8.64. The Kier molecular flexibility index (Phi) is 10.8. The van der Waals surface area contributed by atoms with Gasteiger partial charge in [-0.2, -0.15) is 0 Å². The lowest BCUT2D eigenvalue weighted by atomic mass is 10.0. The zero-order valence-electron chi connectivity index (χ0n) is 18.9. The van der Waals surface area contributed by atoms with Crippen molar-refractivity contribution in [1.29, 1.82) is 0 Å². The Balaban J connectivity index is 1.55. The minimum Gasteiger partial charge on any atom is -0.324 e. The van der Waals surface area contributed by atoms with E-state index in [9.17, 15) is 4.79 Å². The number of nitrogens with one attached hydrogen (secondary N) is 4. The third-order valence-corrected chi connectivity index (χ3v) is 6.13. The van der Waals surface area contributed by atoms with Crippen LogP contribution in [-0.2, 0) is 4.79 Å². The van der Waals surface area contributed by atoms with Crippen molar-refractivity contribution in [3.63, 3.8) is 0 Å². The van der Waals surface area contributed by atoms with Crippen LogP contribution in [0.1, 0.15) is 57.8 Å². The zero-order chi connectivity index (χ0) is 21.6. The highest BCUT2D eigenvalue weighted by atomic mass is 16.2. The largest absolute Gasteiger partial charge is 0.324 e. The summed E-state index contributed by atoms with van der Waals surface area (Å²) in [5, 5.41) is 15.9. The zero-order valence-corrected chi connectivity index (χ0v) is 18.9. The number of hydrogen-bond acceptors (Lipinski definition) is 4. The first-order valence-corrected chi connectivity index (χ1v) is 12.3. The topological polar surface area (TPSA) is 65.2 Å². The molecule has 1 aliphatic heterocycles. The molecule has 0 aromatic heterocycles. The van der Waals surface area contributed by atoms with Crippen molar-refractivity contribution in [2.45, 2.75) is 63.8 Å². The van der Waals surface area contributed by atoms with Crippen molar-refractivity contribution < 1.29 is 4.79 Å². The van der Waals surface area contributed by atoms with E-state index in [2.05, 4.69) is 39.5 Å². The van der Waals surface area contributed by atoms with Gasteiger partial charge in [-0.3, -0.25) is 4.79 Å². The summed E-state index contributed by atoms with van der Waals surface area (Å²) >= 11 is 0. The summed E-state index contributed by atoms with van der Waals surface area (Å²) in [6.45, 7) is 4.77. The molecule has 3 rings (SSSR count). The van der Waals surface area contributed by atoms with Gasteiger partial charge in [0.2, 0.25) is 5.91 Å². The van der Waals surface area contributed by atoms with Gasteiger partial charge in [-0.1, -0.05) is 81.3 Å². The highest BCUT2D eigenvalue weighted by molar-refractivity contribution is 6.03. The maximum Gasteiger partial charge on any atom is 0.241 e. The molecule has 1 amide bonds. The van der Waals surface area contributed by atoms with Crippen molar-refractivity contribution in [2.75, 3.05) is 38.0 Å². The maximum atomic E-state index is 13.1. The highest BCUT2D eigenvalue weighted by Crippen LogP contribution is 2.23. The fourth-order valence-corrected chi connectivity index (χ4v) is 4.30. The van der Waals surface area contributed by atoms with E-state index in [-0.39, 0.29) is 11.9 Å². The van der Waals surface area contributed by atoms with Crippen LogP contribution in [-0.4, -0.2) is 44.7 Å². The van der Waals surface area contributed by atoms with E-state index in [1.807, 2.05) is 24.3 Å². The standard InChI is InChI=1S/C26H40N4O/c31-26(30-24-16-11-13-22-12-8-9-14-23(22)24)25-15-7-5-3-1-2-4-6-10-17-27-18-19-28-20-21-29-25/h8-9,11-14,16,25,27-29H,1-7,10,15,17-21H2,(H,30,31). The Morgan fingerprint density at radius 1 is 0.710 bits per heavy atom. The van der Waals surface area contributed by atoms with Crippen molar-refractivity contribution >= 4 is 22.4 Å². The normalized spacial score (nSPS) is 21.1. The van der Waals surface area contributed by atoms with E-state index in [1.165, 1.54) is 44.9 Å². The van der Waals surface area contributed by atoms with Crippen LogP contribution in [0.5, 0.6) is 0 Å². The van der Waals surface area contributed by atoms with E-state index in [1.54, 1.807) is 0 Å². The molecule has 0 spiro atoms. The van der Waals surface area contributed by atoms with Gasteiger partial charge in [-0.25, -0.2) is 0 Å². The second kappa shape index (κ2) is 14.2. The molecule has 31 heavy (non-hydrogen) atoms. The van der Waals surface area contributed by atoms with Gasteiger partial charge in [0.15, 0.2) is 0 Å². The highest BCUT2D eigenvalue weighted by Gasteiger charge is 2.18. The number of carbonyl (C=O) groups excluding carboxylic acids is 1. The number of benzene rings is 2.